The third-order valence-corrected chi connectivity index (χ3v) is 2.31. The zero-order valence-electron chi connectivity index (χ0n) is 9.91. The number of hydrazine groups is 1. The van der Waals surface area contributed by atoms with Crippen LogP contribution in [0.4, 0.5) is 0 Å². The van der Waals surface area contributed by atoms with Gasteiger partial charge >= 0.3 is 0 Å². The van der Waals surface area contributed by atoms with Gasteiger partial charge in [-0.2, -0.15) is 0 Å². The predicted molar refractivity (Wildman–Crippen MR) is 63.1 cm³/mol. The van der Waals surface area contributed by atoms with Gasteiger partial charge < -0.3 is 4.74 Å². The molecule has 1 aromatic rings. The van der Waals surface area contributed by atoms with Crippen LogP contribution in [0.1, 0.15) is 30.9 Å². The lowest BCUT2D eigenvalue weighted by Gasteiger charge is -2.14. The molecule has 0 bridgehead atoms. The Kier molecular flexibility index (Phi) is 4.31. The van der Waals surface area contributed by atoms with Crippen LogP contribution < -0.4 is 16.0 Å². The molecule has 0 aliphatic carbocycles. The molecule has 0 aliphatic rings. The van der Waals surface area contributed by atoms with Gasteiger partial charge in [-0.25, -0.2) is 5.84 Å². The van der Waals surface area contributed by atoms with E-state index in [4.69, 9.17) is 10.6 Å². The fraction of sp³-hybridized carbons (Fsp3) is 0.417. The van der Waals surface area contributed by atoms with E-state index in [1.807, 2.05) is 24.5 Å². The summed E-state index contributed by atoms with van der Waals surface area (Å²) < 4.78 is 5.41. The summed E-state index contributed by atoms with van der Waals surface area (Å²) in [5, 5.41) is 0. The fourth-order valence-electron chi connectivity index (χ4n) is 1.44. The molecule has 16 heavy (non-hydrogen) atoms. The second-order valence-electron chi connectivity index (χ2n) is 4.05. The van der Waals surface area contributed by atoms with Crippen LogP contribution in [0.3, 0.4) is 0 Å². The molecule has 1 aromatic carbocycles. The molecule has 0 spiro atoms. The van der Waals surface area contributed by atoms with Crippen molar-refractivity contribution in [1.82, 2.24) is 5.43 Å². The number of hydrogen-bond donors (Lipinski definition) is 2. The van der Waals surface area contributed by atoms with Crippen LogP contribution in [0, 0.1) is 6.92 Å². The Labute approximate surface area is 95.8 Å². The lowest BCUT2D eigenvalue weighted by Crippen LogP contribution is -2.34. The van der Waals surface area contributed by atoms with Crippen LogP contribution in [-0.2, 0) is 4.79 Å². The first-order chi connectivity index (χ1) is 7.54. The molecule has 0 atom stereocenters. The Hall–Kier alpha value is -1.55. The molecule has 88 valence electrons. The molecule has 0 aromatic heterocycles. The second kappa shape index (κ2) is 5.51. The minimum atomic E-state index is -0.338. The van der Waals surface area contributed by atoms with E-state index in [1.165, 1.54) is 5.56 Å². The van der Waals surface area contributed by atoms with Crippen LogP contribution in [0.5, 0.6) is 5.75 Å². The van der Waals surface area contributed by atoms with Gasteiger partial charge in [-0.15, -0.1) is 0 Å². The summed E-state index contributed by atoms with van der Waals surface area (Å²) >= 11 is 0. The van der Waals surface area contributed by atoms with E-state index >= 15 is 0 Å². The lowest BCUT2D eigenvalue weighted by molar-refractivity contribution is -0.123. The Bertz CT molecular complexity index is 375. The average molecular weight is 222 g/mol. The molecule has 4 heteroatoms. The van der Waals surface area contributed by atoms with Crippen molar-refractivity contribution in [2.24, 2.45) is 5.84 Å². The maximum absolute atomic E-state index is 11.0. The molecule has 4 nitrogen and oxygen atoms in total. The predicted octanol–water partition coefficient (Wildman–Crippen LogP) is 1.49. The third kappa shape index (κ3) is 3.24. The number of carbonyl (C=O) groups is 1. The molecule has 0 heterocycles. The van der Waals surface area contributed by atoms with Crippen molar-refractivity contribution in [3.63, 3.8) is 0 Å². The second-order valence-corrected chi connectivity index (χ2v) is 4.05. The highest BCUT2D eigenvalue weighted by Gasteiger charge is 2.09. The van der Waals surface area contributed by atoms with E-state index in [9.17, 15) is 4.79 Å². The quantitative estimate of drug-likeness (QED) is 0.461. The standard InChI is InChI=1S/C12H18N2O2/c1-8(2)10-6-9(3)4-5-11(10)16-7-12(15)14-13/h4-6,8H,7,13H2,1-3H3,(H,14,15). The van der Waals surface area contributed by atoms with Gasteiger partial charge in [0.15, 0.2) is 6.61 Å². The van der Waals surface area contributed by atoms with Gasteiger partial charge in [0.1, 0.15) is 5.75 Å². The van der Waals surface area contributed by atoms with Crippen LogP contribution in [0.25, 0.3) is 0 Å². The van der Waals surface area contributed by atoms with Crippen molar-refractivity contribution in [2.75, 3.05) is 6.61 Å². The Morgan fingerprint density at radius 3 is 2.75 bits per heavy atom. The smallest absolute Gasteiger partial charge is 0.271 e. The number of amides is 1. The van der Waals surface area contributed by atoms with E-state index < -0.39 is 0 Å². The van der Waals surface area contributed by atoms with Gasteiger partial charge in [0.25, 0.3) is 5.91 Å². The maximum atomic E-state index is 11.0. The highest BCUT2D eigenvalue weighted by Crippen LogP contribution is 2.27. The van der Waals surface area contributed by atoms with Crippen LogP contribution in [0.15, 0.2) is 18.2 Å². The Morgan fingerprint density at radius 2 is 2.19 bits per heavy atom. The van der Waals surface area contributed by atoms with E-state index in [1.54, 1.807) is 0 Å². The van der Waals surface area contributed by atoms with Crippen LogP contribution >= 0.6 is 0 Å². The molecular weight excluding hydrogens is 204 g/mol. The molecule has 0 saturated heterocycles. The summed E-state index contributed by atoms with van der Waals surface area (Å²) in [4.78, 5) is 11.0. The summed E-state index contributed by atoms with van der Waals surface area (Å²) in [5.74, 6) is 5.74. The minimum absolute atomic E-state index is 0.0563. The van der Waals surface area contributed by atoms with Gasteiger partial charge in [-0.3, -0.25) is 10.2 Å². The van der Waals surface area contributed by atoms with Crippen LogP contribution in [0.2, 0.25) is 0 Å². The lowest BCUT2D eigenvalue weighted by atomic mass is 10.00. The number of nitrogens with one attached hydrogen (secondary N) is 1. The molecule has 3 N–H and O–H groups in total. The number of rotatable bonds is 4. The number of nitrogens with two attached hydrogens (primary N) is 1. The molecule has 0 saturated carbocycles. The van der Waals surface area contributed by atoms with E-state index in [0.717, 1.165) is 11.3 Å². The molecule has 0 aliphatic heterocycles. The van der Waals surface area contributed by atoms with Crippen molar-refractivity contribution in [2.45, 2.75) is 26.7 Å². The Balaban J connectivity index is 2.82. The summed E-state index contributed by atoms with van der Waals surface area (Å²) in [5.41, 5.74) is 4.31. The molecule has 0 unspecified atom stereocenters. The third-order valence-electron chi connectivity index (χ3n) is 2.31. The summed E-state index contributed by atoms with van der Waals surface area (Å²) in [6.07, 6.45) is 0. The monoisotopic (exact) mass is 222 g/mol. The first-order valence-electron chi connectivity index (χ1n) is 5.27. The number of benzene rings is 1. The summed E-state index contributed by atoms with van der Waals surface area (Å²) in [6.45, 7) is 6.15. The normalized spacial score (nSPS) is 10.3. The largest absolute Gasteiger partial charge is 0.483 e. The molecule has 1 rings (SSSR count). The number of ether oxygens (including phenoxy) is 1. The van der Waals surface area contributed by atoms with E-state index in [2.05, 4.69) is 19.9 Å². The highest BCUT2D eigenvalue weighted by atomic mass is 16.5. The molecule has 0 fully saturated rings. The van der Waals surface area contributed by atoms with Gasteiger partial charge in [-0.1, -0.05) is 31.5 Å². The van der Waals surface area contributed by atoms with Crippen molar-refractivity contribution in [1.29, 1.82) is 0 Å². The summed E-state index contributed by atoms with van der Waals surface area (Å²) in [7, 11) is 0. The molecule has 0 radical (unpaired) electrons. The number of carbonyl (C=O) groups excluding carboxylic acids is 1. The minimum Gasteiger partial charge on any atom is -0.483 e. The van der Waals surface area contributed by atoms with Gasteiger partial charge in [0.2, 0.25) is 0 Å². The zero-order valence-corrected chi connectivity index (χ0v) is 9.91. The number of hydrogen-bond acceptors (Lipinski definition) is 3. The van der Waals surface area contributed by atoms with Crippen molar-refractivity contribution in [3.05, 3.63) is 29.3 Å². The van der Waals surface area contributed by atoms with Gasteiger partial charge in [0.05, 0.1) is 0 Å². The van der Waals surface area contributed by atoms with Crippen molar-refractivity contribution in [3.8, 4) is 5.75 Å². The van der Waals surface area contributed by atoms with E-state index in [0.29, 0.717) is 5.92 Å². The van der Waals surface area contributed by atoms with Gasteiger partial charge in [0, 0.05) is 0 Å². The Morgan fingerprint density at radius 1 is 1.50 bits per heavy atom. The number of aryl methyl sites for hydroxylation is 1. The fourth-order valence-corrected chi connectivity index (χ4v) is 1.44. The topological polar surface area (TPSA) is 64.3 Å². The summed E-state index contributed by atoms with van der Waals surface area (Å²) in [6, 6.07) is 5.91. The zero-order chi connectivity index (χ0) is 12.1. The SMILES string of the molecule is Cc1ccc(OCC(=O)NN)c(C(C)C)c1. The van der Waals surface area contributed by atoms with Gasteiger partial charge in [-0.05, 0) is 24.5 Å². The van der Waals surface area contributed by atoms with Crippen LogP contribution in [-0.4, -0.2) is 12.5 Å². The first-order valence-corrected chi connectivity index (χ1v) is 5.27. The molecular formula is C12H18N2O2. The van der Waals surface area contributed by atoms with E-state index in [-0.39, 0.29) is 12.5 Å². The first kappa shape index (κ1) is 12.5. The highest BCUT2D eigenvalue weighted by molar-refractivity contribution is 5.76. The maximum Gasteiger partial charge on any atom is 0.271 e. The average Bonchev–Trinajstić information content (AvgIpc) is 2.26. The molecule has 1 amide bonds. The van der Waals surface area contributed by atoms with Crippen molar-refractivity contribution < 1.29 is 9.53 Å². The van der Waals surface area contributed by atoms with Crippen molar-refractivity contribution >= 4 is 5.91 Å².